The van der Waals surface area contributed by atoms with Crippen LogP contribution in [0, 0.1) is 0 Å². The number of nitrogens with zero attached hydrogens (tertiary/aromatic N) is 4. The van der Waals surface area contributed by atoms with Crippen molar-refractivity contribution in [1.82, 2.24) is 45.9 Å². The number of imide groups is 1. The molecular formula is C62H77N9O18. The van der Waals surface area contributed by atoms with Gasteiger partial charge < -0.3 is 74.3 Å². The summed E-state index contributed by atoms with van der Waals surface area (Å²) in [6, 6.07) is 17.1. The molecule has 1 fully saturated rings. The molecule has 6 N–H and O–H groups in total. The maximum atomic E-state index is 14.1. The van der Waals surface area contributed by atoms with Gasteiger partial charge in [0.25, 0.3) is 17.4 Å². The van der Waals surface area contributed by atoms with E-state index < -0.39 is 66.1 Å². The Morgan fingerprint density at radius 3 is 1.94 bits per heavy atom. The second kappa shape index (κ2) is 33.3. The number of carbonyl (C=O) groups is 9. The van der Waals surface area contributed by atoms with E-state index in [4.69, 9.17) is 38.1 Å². The Kier molecular flexibility index (Phi) is 24.9. The summed E-state index contributed by atoms with van der Waals surface area (Å²) in [5.41, 5.74) is 2.20. The van der Waals surface area contributed by atoms with Gasteiger partial charge in [-0.25, -0.2) is 9.78 Å². The van der Waals surface area contributed by atoms with Gasteiger partial charge in [-0.05, 0) is 48.9 Å². The normalized spacial score (nSPS) is 15.9. The van der Waals surface area contributed by atoms with Gasteiger partial charge in [0.15, 0.2) is 5.60 Å². The summed E-state index contributed by atoms with van der Waals surface area (Å²) >= 11 is 0. The molecule has 478 valence electrons. The number of fused-ring (bicyclic) bond motifs is 5. The zero-order valence-electron chi connectivity index (χ0n) is 49.9. The summed E-state index contributed by atoms with van der Waals surface area (Å²) in [5, 5.41) is 25.3. The Morgan fingerprint density at radius 1 is 0.697 bits per heavy atom. The molecule has 4 aromatic rings. The molecule has 89 heavy (non-hydrogen) atoms. The molecular weight excluding hydrogens is 1160 g/mol. The predicted octanol–water partition coefficient (Wildman–Crippen LogP) is -0.390. The Hall–Kier alpha value is -8.31. The molecule has 0 radical (unpaired) electrons. The summed E-state index contributed by atoms with van der Waals surface area (Å²) in [6.45, 7) is 4.61. The minimum Gasteiger partial charge on any atom is -0.458 e. The lowest BCUT2D eigenvalue weighted by Gasteiger charge is -2.31. The number of pyridine rings is 2. The van der Waals surface area contributed by atoms with Gasteiger partial charge in [0.1, 0.15) is 12.6 Å². The number of rotatable bonds is 39. The average molecular weight is 1240 g/mol. The van der Waals surface area contributed by atoms with Crippen LogP contribution in [-0.2, 0) is 108 Å². The third-order valence-corrected chi connectivity index (χ3v) is 15.2. The van der Waals surface area contributed by atoms with E-state index in [2.05, 4.69) is 26.6 Å². The summed E-state index contributed by atoms with van der Waals surface area (Å²) in [4.78, 5) is 136. The van der Waals surface area contributed by atoms with Crippen LogP contribution in [0.4, 0.5) is 0 Å². The highest BCUT2D eigenvalue weighted by Crippen LogP contribution is 2.40. The van der Waals surface area contributed by atoms with E-state index in [0.717, 1.165) is 39.8 Å². The van der Waals surface area contributed by atoms with Gasteiger partial charge in [-0.15, -0.1) is 0 Å². The lowest BCUT2D eigenvalue weighted by molar-refractivity contribution is -0.172. The number of aliphatic hydroxyl groups is 1. The van der Waals surface area contributed by atoms with Crippen LogP contribution in [0.5, 0.6) is 0 Å². The number of hydrogen-bond donors (Lipinski definition) is 6. The standard InChI is InChI=1S/C62H77N9O18/c1-2-62(82)47-35-50-58-45(39-71(50)60(80)46(47)40-89-61(62)81)43(44-10-6-7-11-48(44)68-58)16-20-69(42-12-13-42)57(78)38-66-59(79)49(34-41-8-4-3-5-9-41)67-54(75)37-65-53(74)36-64-52(73)18-22-83-24-26-85-28-30-87-32-33-88-31-29-86-27-25-84-23-19-63-51(72)17-21-70-55(76)14-15-56(70)77/h3-11,14-15,35,42,49,82H,2,12-13,16-34,36-40H2,1H3,(H,63,72)(H,64,73)(H,65,74)(H,66,79)(H,67,75)/t49-,62-/m0/s1. The Labute approximate surface area is 513 Å². The first-order chi connectivity index (χ1) is 43.1. The van der Waals surface area contributed by atoms with Gasteiger partial charge in [0.05, 0.1) is 128 Å². The number of cyclic esters (lactones) is 1. The van der Waals surface area contributed by atoms with Crippen LogP contribution in [0.2, 0.25) is 0 Å². The monoisotopic (exact) mass is 1240 g/mol. The molecule has 3 aliphatic heterocycles. The predicted molar refractivity (Wildman–Crippen MR) is 317 cm³/mol. The second-order valence-electron chi connectivity index (χ2n) is 21.4. The lowest BCUT2D eigenvalue weighted by atomic mass is 9.86. The number of ether oxygens (including phenoxy) is 7. The van der Waals surface area contributed by atoms with E-state index >= 15 is 0 Å². The topological polar surface area (TPSA) is 340 Å². The molecule has 27 heteroatoms. The third-order valence-electron chi connectivity index (χ3n) is 15.2. The van der Waals surface area contributed by atoms with E-state index in [-0.39, 0.29) is 119 Å². The number of benzene rings is 2. The van der Waals surface area contributed by atoms with Gasteiger partial charge >= 0.3 is 5.97 Å². The fraction of sp³-hybridized carbons (Fsp3) is 0.500. The largest absolute Gasteiger partial charge is 0.458 e. The van der Waals surface area contributed by atoms with Crippen molar-refractivity contribution in [3.63, 3.8) is 0 Å². The molecule has 0 saturated heterocycles. The van der Waals surface area contributed by atoms with Crippen molar-refractivity contribution in [2.24, 2.45) is 0 Å². The van der Waals surface area contributed by atoms with Gasteiger partial charge in [-0.1, -0.05) is 55.5 Å². The molecule has 2 aromatic carbocycles. The molecule has 2 atom stereocenters. The molecule has 0 spiro atoms. The quantitative estimate of drug-likeness (QED) is 0.0166. The maximum Gasteiger partial charge on any atom is 0.343 e. The van der Waals surface area contributed by atoms with Crippen LogP contribution in [-0.4, -0.2) is 208 Å². The van der Waals surface area contributed by atoms with Crippen LogP contribution >= 0.6 is 0 Å². The first-order valence-electron chi connectivity index (χ1n) is 29.9. The van der Waals surface area contributed by atoms with Crippen molar-refractivity contribution < 1.29 is 81.4 Å². The van der Waals surface area contributed by atoms with Crippen molar-refractivity contribution in [2.75, 3.05) is 119 Å². The Balaban J connectivity index is 0.667. The maximum absolute atomic E-state index is 14.1. The first kappa shape index (κ1) is 66.6. The fourth-order valence-corrected chi connectivity index (χ4v) is 10.3. The second-order valence-corrected chi connectivity index (χ2v) is 21.4. The van der Waals surface area contributed by atoms with Crippen molar-refractivity contribution in [1.29, 1.82) is 0 Å². The fourth-order valence-electron chi connectivity index (χ4n) is 10.3. The number of amides is 8. The summed E-state index contributed by atoms with van der Waals surface area (Å²) in [7, 11) is 0. The summed E-state index contributed by atoms with van der Waals surface area (Å²) in [5.74, 6) is -4.63. The van der Waals surface area contributed by atoms with E-state index in [1.807, 2.05) is 30.3 Å². The SMILES string of the molecule is CC[C@@]1(O)C(=O)OCc2c1cc1n(c2=O)Cc2c-1nc1ccccc1c2CCN(C(=O)CNC(=O)[C@H](Cc1ccccc1)NC(=O)CNC(=O)CNC(=O)CCOCCOCCOCCOCCOCCOCCNC(=O)CCN1C(=O)C=CC1=O)C1CC1. The van der Waals surface area contributed by atoms with E-state index in [0.29, 0.717) is 82.7 Å². The summed E-state index contributed by atoms with van der Waals surface area (Å²) < 4.78 is 39.6. The van der Waals surface area contributed by atoms with Crippen LogP contribution in [0.1, 0.15) is 66.8 Å². The Bertz CT molecular complexity index is 3260. The van der Waals surface area contributed by atoms with Crippen LogP contribution in [0.3, 0.4) is 0 Å². The van der Waals surface area contributed by atoms with Gasteiger partial charge in [0.2, 0.25) is 35.4 Å². The van der Waals surface area contributed by atoms with Gasteiger partial charge in [0, 0.05) is 73.6 Å². The molecule has 4 aliphatic rings. The number of aromatic nitrogens is 2. The molecule has 1 saturated carbocycles. The van der Waals surface area contributed by atoms with E-state index in [9.17, 15) is 53.1 Å². The zero-order valence-corrected chi connectivity index (χ0v) is 49.9. The van der Waals surface area contributed by atoms with Crippen molar-refractivity contribution in [3.05, 3.63) is 111 Å². The van der Waals surface area contributed by atoms with Gasteiger partial charge in [-0.3, -0.25) is 48.1 Å². The van der Waals surface area contributed by atoms with Crippen molar-refractivity contribution in [3.8, 4) is 11.4 Å². The lowest BCUT2D eigenvalue weighted by Crippen LogP contribution is -2.52. The molecule has 1 aliphatic carbocycles. The number of hydrogen-bond acceptors (Lipinski definition) is 19. The van der Waals surface area contributed by atoms with Crippen LogP contribution < -0.4 is 32.1 Å². The minimum atomic E-state index is -1.98. The third kappa shape index (κ3) is 18.9. The molecule has 8 amide bonds. The number of carbonyl (C=O) groups excluding carboxylic acids is 9. The molecule has 0 unspecified atom stereocenters. The first-order valence-corrected chi connectivity index (χ1v) is 29.9. The minimum absolute atomic E-state index is 0.0103. The zero-order chi connectivity index (χ0) is 63.1. The van der Waals surface area contributed by atoms with Gasteiger partial charge in [-0.2, -0.15) is 0 Å². The highest BCUT2D eigenvalue weighted by atomic mass is 16.6. The molecule has 5 heterocycles. The van der Waals surface area contributed by atoms with Crippen molar-refractivity contribution in [2.45, 2.75) is 82.7 Å². The van der Waals surface area contributed by atoms with Crippen LogP contribution in [0.25, 0.3) is 22.3 Å². The van der Waals surface area contributed by atoms with E-state index in [1.54, 1.807) is 46.7 Å². The molecule has 0 bridgehead atoms. The number of nitrogens with one attached hydrogen (secondary N) is 5. The molecule has 27 nitrogen and oxygen atoms in total. The Morgan fingerprint density at radius 2 is 1.29 bits per heavy atom. The highest BCUT2D eigenvalue weighted by molar-refractivity contribution is 6.13. The number of para-hydroxylation sites is 1. The molecule has 8 rings (SSSR count). The molecule has 2 aromatic heterocycles. The number of esters is 1. The highest BCUT2D eigenvalue weighted by Gasteiger charge is 2.46. The van der Waals surface area contributed by atoms with E-state index in [1.165, 1.54) is 12.2 Å². The van der Waals surface area contributed by atoms with Crippen LogP contribution in [0.15, 0.2) is 77.6 Å². The smallest absolute Gasteiger partial charge is 0.343 e. The van der Waals surface area contributed by atoms with Crippen molar-refractivity contribution >= 4 is 64.1 Å². The summed E-state index contributed by atoms with van der Waals surface area (Å²) in [6.07, 6.45) is 4.39. The average Bonchev–Trinajstić information content (AvgIpc) is 1.68.